The number of nitrogen functional groups attached to an aromatic ring is 1. The Hall–Kier alpha value is -2.06. The number of aryl methyl sites for hydroxylation is 1. The van der Waals surface area contributed by atoms with Gasteiger partial charge in [-0.15, -0.1) is 23.1 Å². The van der Waals surface area contributed by atoms with Gasteiger partial charge in [-0.25, -0.2) is 9.78 Å². The fraction of sp³-hybridized carbons (Fsp3) is 0.267. The maximum absolute atomic E-state index is 11.4. The van der Waals surface area contributed by atoms with Gasteiger partial charge in [0.1, 0.15) is 9.88 Å². The molecule has 0 bridgehead atoms. The summed E-state index contributed by atoms with van der Waals surface area (Å²) >= 11 is 2.41. The van der Waals surface area contributed by atoms with Crippen LogP contribution in [0.4, 0.5) is 5.69 Å². The minimum atomic E-state index is -0.985. The molecule has 0 unspecified atom stereocenters. The number of carbonyl (C=O) groups excluding carboxylic acids is 1. The zero-order chi connectivity index (χ0) is 17.0. The molecule has 0 aliphatic carbocycles. The maximum Gasteiger partial charge on any atom is 0.347 e. The number of thiazole rings is 1. The number of hydrogen-bond acceptors (Lipinski definition) is 7. The van der Waals surface area contributed by atoms with E-state index in [0.717, 1.165) is 21.8 Å². The van der Waals surface area contributed by atoms with Gasteiger partial charge in [-0.2, -0.15) is 0 Å². The molecule has 0 amide bonds. The summed E-state index contributed by atoms with van der Waals surface area (Å²) in [5.74, 6) is -1.08. The van der Waals surface area contributed by atoms with E-state index in [2.05, 4.69) is 4.98 Å². The van der Waals surface area contributed by atoms with Crippen molar-refractivity contribution in [3.63, 3.8) is 0 Å². The summed E-state index contributed by atoms with van der Waals surface area (Å²) in [6.07, 6.45) is 0. The fourth-order valence-corrected chi connectivity index (χ4v) is 3.52. The van der Waals surface area contributed by atoms with Gasteiger partial charge >= 0.3 is 11.9 Å². The molecule has 6 nitrogen and oxygen atoms in total. The van der Waals surface area contributed by atoms with Crippen molar-refractivity contribution in [1.82, 2.24) is 4.98 Å². The smallest absolute Gasteiger partial charge is 0.347 e. The number of thioether (sulfide) groups is 1. The summed E-state index contributed by atoms with van der Waals surface area (Å²) in [5, 5.41) is 9.69. The van der Waals surface area contributed by atoms with E-state index in [1.165, 1.54) is 11.8 Å². The lowest BCUT2D eigenvalue weighted by molar-refractivity contribution is -0.139. The molecule has 0 fully saturated rings. The number of benzene rings is 1. The quantitative estimate of drug-likeness (QED) is 0.468. The van der Waals surface area contributed by atoms with Crippen molar-refractivity contribution in [3.05, 3.63) is 28.8 Å². The summed E-state index contributed by atoms with van der Waals surface area (Å²) in [6.45, 7) is 3.77. The molecule has 2 rings (SSSR count). The van der Waals surface area contributed by atoms with Crippen LogP contribution in [0, 0.1) is 6.92 Å². The van der Waals surface area contributed by atoms with E-state index in [4.69, 9.17) is 15.6 Å². The molecule has 8 heteroatoms. The Balaban J connectivity index is 2.17. The zero-order valence-electron chi connectivity index (χ0n) is 12.7. The summed E-state index contributed by atoms with van der Waals surface area (Å²) in [5.41, 5.74) is 7.76. The molecular weight excluding hydrogens is 336 g/mol. The number of carboxylic acids is 1. The molecule has 2 aromatic rings. The SMILES string of the molecule is CCOC(=O)CSc1ccc(-c2nc(C)c(C(=O)O)s2)cc1N. The third-order valence-electron chi connectivity index (χ3n) is 2.90. The van der Waals surface area contributed by atoms with E-state index >= 15 is 0 Å². The number of anilines is 1. The summed E-state index contributed by atoms with van der Waals surface area (Å²) in [4.78, 5) is 27.7. The van der Waals surface area contributed by atoms with Gasteiger partial charge < -0.3 is 15.6 Å². The van der Waals surface area contributed by atoms with Crippen molar-refractivity contribution in [2.75, 3.05) is 18.1 Å². The molecule has 0 atom stereocenters. The Morgan fingerprint density at radius 1 is 1.43 bits per heavy atom. The van der Waals surface area contributed by atoms with Crippen LogP contribution in [0.2, 0.25) is 0 Å². The van der Waals surface area contributed by atoms with Gasteiger partial charge in [0.05, 0.1) is 18.1 Å². The maximum atomic E-state index is 11.4. The van der Waals surface area contributed by atoms with Crippen molar-refractivity contribution in [2.45, 2.75) is 18.7 Å². The molecule has 23 heavy (non-hydrogen) atoms. The van der Waals surface area contributed by atoms with Crippen LogP contribution in [0.1, 0.15) is 22.3 Å². The van der Waals surface area contributed by atoms with Crippen LogP contribution in [0.15, 0.2) is 23.1 Å². The second-order valence-corrected chi connectivity index (χ2v) is 6.60. The number of hydrogen-bond donors (Lipinski definition) is 2. The average molecular weight is 352 g/mol. The first-order chi connectivity index (χ1) is 10.9. The standard InChI is InChI=1S/C15H16N2O4S2/c1-3-21-12(18)7-22-11-5-4-9(6-10(11)16)14-17-8(2)13(23-14)15(19)20/h4-6H,3,7,16H2,1-2H3,(H,19,20). The minimum Gasteiger partial charge on any atom is -0.477 e. The van der Waals surface area contributed by atoms with E-state index in [1.807, 2.05) is 6.07 Å². The van der Waals surface area contributed by atoms with Crippen molar-refractivity contribution < 1.29 is 19.4 Å². The van der Waals surface area contributed by atoms with Gasteiger partial charge in [0.25, 0.3) is 0 Å². The molecule has 122 valence electrons. The number of nitrogens with two attached hydrogens (primary N) is 1. The number of carboxylic acid groups (broad SMARTS) is 1. The lowest BCUT2D eigenvalue weighted by Crippen LogP contribution is -2.06. The highest BCUT2D eigenvalue weighted by atomic mass is 32.2. The number of nitrogens with zero attached hydrogens (tertiary/aromatic N) is 1. The van der Waals surface area contributed by atoms with Gasteiger partial charge in [-0.3, -0.25) is 4.79 Å². The van der Waals surface area contributed by atoms with Crippen LogP contribution in [-0.2, 0) is 9.53 Å². The fourth-order valence-electron chi connectivity index (χ4n) is 1.87. The summed E-state index contributed by atoms with van der Waals surface area (Å²) < 4.78 is 4.87. The van der Waals surface area contributed by atoms with E-state index in [1.54, 1.807) is 26.0 Å². The lowest BCUT2D eigenvalue weighted by Gasteiger charge is -2.07. The van der Waals surface area contributed by atoms with Crippen molar-refractivity contribution >= 4 is 40.7 Å². The zero-order valence-corrected chi connectivity index (χ0v) is 14.3. The monoisotopic (exact) mass is 352 g/mol. The first-order valence-corrected chi connectivity index (χ1v) is 8.61. The Morgan fingerprint density at radius 3 is 2.74 bits per heavy atom. The first kappa shape index (κ1) is 17.3. The number of aromatic nitrogens is 1. The molecule has 0 saturated carbocycles. The van der Waals surface area contributed by atoms with Crippen molar-refractivity contribution in [2.24, 2.45) is 0 Å². The molecule has 0 aliphatic heterocycles. The van der Waals surface area contributed by atoms with Gasteiger partial charge in [0.2, 0.25) is 0 Å². The molecule has 0 radical (unpaired) electrons. The summed E-state index contributed by atoms with van der Waals surface area (Å²) in [7, 11) is 0. The average Bonchev–Trinajstić information content (AvgIpc) is 2.88. The molecular formula is C15H16N2O4S2. The van der Waals surface area contributed by atoms with Crippen LogP contribution in [-0.4, -0.2) is 34.4 Å². The highest BCUT2D eigenvalue weighted by molar-refractivity contribution is 8.00. The Bertz CT molecular complexity index is 743. The van der Waals surface area contributed by atoms with Crippen LogP contribution >= 0.6 is 23.1 Å². The minimum absolute atomic E-state index is 0.191. The van der Waals surface area contributed by atoms with Crippen molar-refractivity contribution in [3.8, 4) is 10.6 Å². The topological polar surface area (TPSA) is 103 Å². The third-order valence-corrected chi connectivity index (χ3v) is 5.16. The normalized spacial score (nSPS) is 10.5. The summed E-state index contributed by atoms with van der Waals surface area (Å²) in [6, 6.07) is 5.34. The number of rotatable bonds is 6. The number of carbonyl (C=O) groups is 2. The van der Waals surface area contributed by atoms with Gasteiger partial charge in [0.15, 0.2) is 0 Å². The highest BCUT2D eigenvalue weighted by Crippen LogP contribution is 2.33. The Morgan fingerprint density at radius 2 is 2.17 bits per heavy atom. The van der Waals surface area contributed by atoms with Gasteiger partial charge in [0, 0.05) is 16.1 Å². The van der Waals surface area contributed by atoms with E-state index < -0.39 is 5.97 Å². The Kier molecular flexibility index (Phi) is 5.62. The van der Waals surface area contributed by atoms with Gasteiger partial charge in [-0.1, -0.05) is 6.07 Å². The number of aromatic carboxylic acids is 1. The highest BCUT2D eigenvalue weighted by Gasteiger charge is 2.16. The molecule has 1 heterocycles. The predicted molar refractivity (Wildman–Crippen MR) is 91.0 cm³/mol. The van der Waals surface area contributed by atoms with Gasteiger partial charge in [-0.05, 0) is 26.0 Å². The second-order valence-electron chi connectivity index (χ2n) is 4.59. The van der Waals surface area contributed by atoms with Crippen molar-refractivity contribution in [1.29, 1.82) is 0 Å². The van der Waals surface area contributed by atoms with Crippen LogP contribution in [0.5, 0.6) is 0 Å². The number of esters is 1. The number of ether oxygens (including phenoxy) is 1. The molecule has 1 aromatic heterocycles. The molecule has 0 spiro atoms. The van der Waals surface area contributed by atoms with Crippen LogP contribution in [0.3, 0.4) is 0 Å². The van der Waals surface area contributed by atoms with E-state index in [-0.39, 0.29) is 16.6 Å². The third kappa shape index (κ3) is 4.23. The Labute approximate surface area is 141 Å². The molecule has 0 aliphatic rings. The largest absolute Gasteiger partial charge is 0.477 e. The van der Waals surface area contributed by atoms with Crippen LogP contribution in [0.25, 0.3) is 10.6 Å². The molecule has 1 aromatic carbocycles. The first-order valence-electron chi connectivity index (χ1n) is 6.81. The van der Waals surface area contributed by atoms with E-state index in [9.17, 15) is 9.59 Å². The van der Waals surface area contributed by atoms with E-state index in [0.29, 0.717) is 23.0 Å². The molecule has 0 saturated heterocycles. The predicted octanol–water partition coefficient (Wildman–Crippen LogP) is 3.05. The van der Waals surface area contributed by atoms with Crippen LogP contribution < -0.4 is 5.73 Å². The molecule has 3 N–H and O–H groups in total. The lowest BCUT2D eigenvalue weighted by atomic mass is 10.2. The second kappa shape index (κ2) is 7.47.